The van der Waals surface area contributed by atoms with Crippen LogP contribution in [-0.2, 0) is 22.4 Å². The Morgan fingerprint density at radius 3 is 2.74 bits per heavy atom. The van der Waals surface area contributed by atoms with Gasteiger partial charge in [0.15, 0.2) is 6.61 Å². The van der Waals surface area contributed by atoms with E-state index in [1.165, 1.54) is 24.0 Å². The molecule has 23 heavy (non-hydrogen) atoms. The normalized spacial score (nSPS) is 15.0. The van der Waals surface area contributed by atoms with Crippen LogP contribution in [0.4, 0.5) is 0 Å². The Kier molecular flexibility index (Phi) is 6.20. The van der Waals surface area contributed by atoms with Gasteiger partial charge in [0.1, 0.15) is 11.8 Å². The van der Waals surface area contributed by atoms with E-state index < -0.39 is 17.9 Å². The first kappa shape index (κ1) is 17.1. The molecule has 1 aromatic carbocycles. The topological polar surface area (TPSA) is 75.6 Å². The Hall–Kier alpha value is -2.30. The predicted octanol–water partition coefficient (Wildman–Crippen LogP) is 2.48. The van der Waals surface area contributed by atoms with Gasteiger partial charge in [0, 0.05) is 0 Å². The Balaban J connectivity index is 1.87. The summed E-state index contributed by atoms with van der Waals surface area (Å²) >= 11 is 0. The second-order valence-electron chi connectivity index (χ2n) is 5.69. The number of carboxylic acids is 1. The first-order valence-electron chi connectivity index (χ1n) is 7.98. The monoisotopic (exact) mass is 317 g/mol. The Morgan fingerprint density at radius 2 is 2.04 bits per heavy atom. The van der Waals surface area contributed by atoms with E-state index in [9.17, 15) is 9.59 Å². The van der Waals surface area contributed by atoms with E-state index in [4.69, 9.17) is 9.84 Å². The molecule has 0 aromatic heterocycles. The molecule has 2 N–H and O–H groups in total. The van der Waals surface area contributed by atoms with Crippen molar-refractivity contribution in [2.75, 3.05) is 6.61 Å². The van der Waals surface area contributed by atoms with Crippen molar-refractivity contribution in [3.05, 3.63) is 41.5 Å². The van der Waals surface area contributed by atoms with Gasteiger partial charge in [-0.15, -0.1) is 0 Å². The molecule has 0 heterocycles. The number of hydrogen-bond acceptors (Lipinski definition) is 3. The maximum Gasteiger partial charge on any atom is 0.326 e. The molecule has 1 amide bonds. The first-order valence-corrected chi connectivity index (χ1v) is 7.98. The van der Waals surface area contributed by atoms with Crippen LogP contribution in [0.5, 0.6) is 5.75 Å². The van der Waals surface area contributed by atoms with Crippen LogP contribution in [0.15, 0.2) is 30.4 Å². The average Bonchev–Trinajstić information content (AvgIpc) is 2.56. The minimum Gasteiger partial charge on any atom is -0.484 e. The average molecular weight is 317 g/mol. The second-order valence-corrected chi connectivity index (χ2v) is 5.69. The molecule has 0 aliphatic heterocycles. The molecule has 1 aliphatic carbocycles. The van der Waals surface area contributed by atoms with Gasteiger partial charge in [-0.2, -0.15) is 0 Å². The molecule has 2 rings (SSSR count). The number of carboxylic acid groups (broad SMARTS) is 1. The van der Waals surface area contributed by atoms with Crippen LogP contribution < -0.4 is 10.1 Å². The zero-order valence-corrected chi connectivity index (χ0v) is 13.4. The smallest absolute Gasteiger partial charge is 0.326 e. The van der Waals surface area contributed by atoms with Crippen LogP contribution in [0.1, 0.15) is 37.3 Å². The van der Waals surface area contributed by atoms with Gasteiger partial charge in [0.25, 0.3) is 5.91 Å². The van der Waals surface area contributed by atoms with E-state index in [0.717, 1.165) is 12.8 Å². The zero-order valence-electron chi connectivity index (χ0n) is 13.4. The number of amides is 1. The fraction of sp³-hybridized carbons (Fsp3) is 0.444. The van der Waals surface area contributed by atoms with Crippen LogP contribution in [-0.4, -0.2) is 29.6 Å². The number of rotatable bonds is 7. The van der Waals surface area contributed by atoms with Crippen molar-refractivity contribution in [1.29, 1.82) is 0 Å². The molecule has 0 bridgehead atoms. The van der Waals surface area contributed by atoms with Crippen molar-refractivity contribution in [3.8, 4) is 5.75 Å². The lowest BCUT2D eigenvalue weighted by molar-refractivity contribution is -0.142. The van der Waals surface area contributed by atoms with E-state index in [2.05, 4.69) is 5.32 Å². The summed E-state index contributed by atoms with van der Waals surface area (Å²) in [6.07, 6.45) is 8.27. The summed E-state index contributed by atoms with van der Waals surface area (Å²) in [4.78, 5) is 22.9. The Labute approximate surface area is 136 Å². The third-order valence-corrected chi connectivity index (χ3v) is 3.93. The van der Waals surface area contributed by atoms with Crippen molar-refractivity contribution < 1.29 is 19.4 Å². The maximum atomic E-state index is 11.9. The van der Waals surface area contributed by atoms with E-state index in [1.807, 2.05) is 18.2 Å². The molecule has 5 nitrogen and oxygen atoms in total. The van der Waals surface area contributed by atoms with Crippen molar-refractivity contribution >= 4 is 11.9 Å². The van der Waals surface area contributed by atoms with Crippen LogP contribution in [0.2, 0.25) is 0 Å². The number of fused-ring (bicyclic) bond motifs is 1. The highest BCUT2D eigenvalue weighted by molar-refractivity contribution is 5.84. The van der Waals surface area contributed by atoms with Crippen molar-refractivity contribution in [2.45, 2.75) is 45.1 Å². The quantitative estimate of drug-likeness (QED) is 0.758. The maximum absolute atomic E-state index is 11.9. The third kappa shape index (κ3) is 5.13. The lowest BCUT2D eigenvalue weighted by Gasteiger charge is -2.17. The van der Waals surface area contributed by atoms with Gasteiger partial charge in [0.2, 0.25) is 0 Å². The minimum absolute atomic E-state index is 0.182. The Morgan fingerprint density at radius 1 is 1.30 bits per heavy atom. The standard InChI is InChI=1S/C18H23NO4/c1-2-3-8-16(18(21)22)19-17(20)12-23-15-10-9-13-6-4-5-7-14(13)11-15/h2-3,9-11,16H,4-8,12H2,1H3,(H,19,20)(H,21,22)/b3-2+. The lowest BCUT2D eigenvalue weighted by atomic mass is 9.92. The molecule has 0 saturated heterocycles. The van der Waals surface area contributed by atoms with Crippen LogP contribution >= 0.6 is 0 Å². The first-order chi connectivity index (χ1) is 11.1. The summed E-state index contributed by atoms with van der Waals surface area (Å²) in [5.41, 5.74) is 2.64. The molecular weight excluding hydrogens is 294 g/mol. The molecule has 0 radical (unpaired) electrons. The van der Waals surface area contributed by atoms with Gasteiger partial charge in [-0.25, -0.2) is 4.79 Å². The summed E-state index contributed by atoms with van der Waals surface area (Å²) < 4.78 is 5.50. The van der Waals surface area contributed by atoms with Crippen molar-refractivity contribution in [2.24, 2.45) is 0 Å². The number of ether oxygens (including phenoxy) is 1. The molecule has 0 spiro atoms. The minimum atomic E-state index is -1.05. The van der Waals surface area contributed by atoms with Gasteiger partial charge >= 0.3 is 5.97 Å². The fourth-order valence-corrected chi connectivity index (χ4v) is 2.68. The Bertz CT molecular complexity index is 595. The predicted molar refractivity (Wildman–Crippen MR) is 87.6 cm³/mol. The van der Waals surface area contributed by atoms with E-state index in [-0.39, 0.29) is 13.0 Å². The highest BCUT2D eigenvalue weighted by Crippen LogP contribution is 2.25. The van der Waals surface area contributed by atoms with Crippen LogP contribution in [0.25, 0.3) is 0 Å². The summed E-state index contributed by atoms with van der Waals surface area (Å²) in [6, 6.07) is 4.97. The molecule has 0 fully saturated rings. The third-order valence-electron chi connectivity index (χ3n) is 3.93. The summed E-state index contributed by atoms with van der Waals surface area (Å²) in [5, 5.41) is 11.5. The highest BCUT2D eigenvalue weighted by atomic mass is 16.5. The molecular formula is C18H23NO4. The SMILES string of the molecule is C/C=C/CC(NC(=O)COc1ccc2c(c1)CCCC2)C(=O)O. The summed E-state index contributed by atoms with van der Waals surface area (Å²) in [5.74, 6) is -0.828. The lowest BCUT2D eigenvalue weighted by Crippen LogP contribution is -2.42. The number of aryl methyl sites for hydroxylation is 2. The molecule has 0 saturated carbocycles. The van der Waals surface area contributed by atoms with Gasteiger partial charge in [0.05, 0.1) is 0 Å². The number of carbonyl (C=O) groups is 2. The summed E-state index contributed by atoms with van der Waals surface area (Å²) in [7, 11) is 0. The molecule has 1 aromatic rings. The summed E-state index contributed by atoms with van der Waals surface area (Å²) in [6.45, 7) is 1.62. The zero-order chi connectivity index (χ0) is 16.7. The number of benzene rings is 1. The number of carbonyl (C=O) groups excluding carboxylic acids is 1. The van der Waals surface area contributed by atoms with E-state index >= 15 is 0 Å². The number of aliphatic carboxylic acids is 1. The molecule has 1 aliphatic rings. The molecule has 5 heteroatoms. The van der Waals surface area contributed by atoms with Gasteiger partial charge < -0.3 is 15.2 Å². The molecule has 1 atom stereocenters. The van der Waals surface area contributed by atoms with Crippen LogP contribution in [0.3, 0.4) is 0 Å². The van der Waals surface area contributed by atoms with Gasteiger partial charge in [-0.05, 0) is 62.3 Å². The van der Waals surface area contributed by atoms with Gasteiger partial charge in [-0.1, -0.05) is 18.2 Å². The molecule has 124 valence electrons. The fourth-order valence-electron chi connectivity index (χ4n) is 2.68. The van der Waals surface area contributed by atoms with Gasteiger partial charge in [-0.3, -0.25) is 4.79 Å². The van der Waals surface area contributed by atoms with E-state index in [1.54, 1.807) is 19.1 Å². The van der Waals surface area contributed by atoms with Crippen molar-refractivity contribution in [3.63, 3.8) is 0 Å². The number of hydrogen-bond donors (Lipinski definition) is 2. The highest BCUT2D eigenvalue weighted by Gasteiger charge is 2.18. The van der Waals surface area contributed by atoms with Crippen LogP contribution in [0, 0.1) is 0 Å². The van der Waals surface area contributed by atoms with Crippen molar-refractivity contribution in [1.82, 2.24) is 5.32 Å². The largest absolute Gasteiger partial charge is 0.484 e. The number of nitrogens with one attached hydrogen (secondary N) is 1. The second kappa shape index (κ2) is 8.36. The number of allylic oxidation sites excluding steroid dienone is 1. The molecule has 1 unspecified atom stereocenters. The van der Waals surface area contributed by atoms with E-state index in [0.29, 0.717) is 5.75 Å².